The van der Waals surface area contributed by atoms with Gasteiger partial charge in [0.25, 0.3) is 0 Å². The number of fused-ring (bicyclic) bond motifs is 3. The van der Waals surface area contributed by atoms with Gasteiger partial charge in [0.05, 0.1) is 25.1 Å². The van der Waals surface area contributed by atoms with Gasteiger partial charge in [0.2, 0.25) is 0 Å². The van der Waals surface area contributed by atoms with Crippen LogP contribution < -0.4 is 21.1 Å². The van der Waals surface area contributed by atoms with Gasteiger partial charge in [-0.2, -0.15) is 0 Å². The molecule has 2 fully saturated rings. The van der Waals surface area contributed by atoms with Gasteiger partial charge in [-0.25, -0.2) is 0 Å². The van der Waals surface area contributed by atoms with E-state index in [1.54, 1.807) is 6.07 Å². The molecule has 332 valence electrons. The highest BCUT2D eigenvalue weighted by atomic mass is 16.5. The van der Waals surface area contributed by atoms with Gasteiger partial charge >= 0.3 is 0 Å². The van der Waals surface area contributed by atoms with Crippen molar-refractivity contribution < 1.29 is 29.6 Å². The third kappa shape index (κ3) is 11.3. The number of dihydropyridines is 1. The molecular weight excluding hydrogens is 775 g/mol. The Labute approximate surface area is 369 Å². The lowest BCUT2D eigenvalue weighted by atomic mass is 9.72. The topological polar surface area (TPSA) is 154 Å². The molecule has 2 heterocycles. The summed E-state index contributed by atoms with van der Waals surface area (Å²) in [4.78, 5) is 25.8. The number of allylic oxidation sites excluding steroid dienone is 2. The zero-order valence-electron chi connectivity index (χ0n) is 37.1. The van der Waals surface area contributed by atoms with E-state index in [2.05, 4.69) is 78.8 Å². The molecule has 1 saturated carbocycles. The van der Waals surface area contributed by atoms with Crippen molar-refractivity contribution in [3.63, 3.8) is 0 Å². The van der Waals surface area contributed by atoms with Crippen molar-refractivity contribution in [3.05, 3.63) is 94.8 Å². The number of Topliss-reactive ketones (excluding diaryl/α,β-unsaturated/α-hetero) is 2. The zero-order chi connectivity index (χ0) is 43.8. The molecule has 7 N–H and O–H groups in total. The minimum Gasteiger partial charge on any atom is -0.504 e. The standard InChI is InChI=1S/C53H69N3O6/c1-33(2)12-20-44(53(41-24-25-55-52(54)29-41)40-14-13-35-9-5-6-10-37(35)27-40)49(60)22-17-36-16-21-43(48(59)23-18-38-28-51(62-3)50(61)31-45(36)38)47(58)11-7-4-8-34-26-39-15-19-42(57)30-46(39)56-32-34/h5-6,9-10,13-14,24,27-29,31,33-34,36,39,43-44,46-47,49,53,55-56,58,60-61H,4,7-8,11-12,15,17-20,22-23,25-26,30,32,54H2,1-3H3/t34-,36-,39+,43+,44-,46+,47+,49-,53-/m0/s1. The van der Waals surface area contributed by atoms with Crippen LogP contribution in [0.25, 0.3) is 10.8 Å². The molecule has 4 aliphatic rings. The minimum atomic E-state index is -0.884. The van der Waals surface area contributed by atoms with Gasteiger partial charge in [-0.3, -0.25) is 9.59 Å². The van der Waals surface area contributed by atoms with Gasteiger partial charge in [-0.05, 0) is 133 Å². The van der Waals surface area contributed by atoms with Crippen LogP contribution >= 0.6 is 0 Å². The van der Waals surface area contributed by atoms with Gasteiger partial charge in [0.15, 0.2) is 17.3 Å². The highest BCUT2D eigenvalue weighted by Gasteiger charge is 2.36. The number of carbonyl (C=O) groups is 2. The summed E-state index contributed by atoms with van der Waals surface area (Å²) in [7, 11) is 1.52. The number of unbranched alkanes of at least 4 members (excludes halogenated alkanes) is 1. The monoisotopic (exact) mass is 844 g/mol. The van der Waals surface area contributed by atoms with E-state index in [0.29, 0.717) is 86.2 Å². The minimum absolute atomic E-state index is 0.00909. The fraction of sp³-hybridized carbons (Fsp3) is 0.547. The number of hydrogen-bond donors (Lipinski definition) is 6. The maximum atomic E-state index is 13.8. The molecule has 0 radical (unpaired) electrons. The van der Waals surface area contributed by atoms with Crippen LogP contribution in [0.4, 0.5) is 0 Å². The summed E-state index contributed by atoms with van der Waals surface area (Å²) in [6, 6.07) is 18.8. The number of benzene rings is 3. The van der Waals surface area contributed by atoms with Crippen LogP contribution in [-0.4, -0.2) is 65.3 Å². The molecule has 0 aromatic heterocycles. The number of aromatic hydroxyl groups is 1. The summed E-state index contributed by atoms with van der Waals surface area (Å²) >= 11 is 0. The highest BCUT2D eigenvalue weighted by molar-refractivity contribution is 5.85. The fourth-order valence-electron chi connectivity index (χ4n) is 10.8. The van der Waals surface area contributed by atoms with E-state index in [9.17, 15) is 24.9 Å². The van der Waals surface area contributed by atoms with Gasteiger partial charge < -0.3 is 36.4 Å². The molecule has 0 spiro atoms. The quantitative estimate of drug-likeness (QED) is 0.0582. The molecule has 3 aromatic carbocycles. The third-order valence-corrected chi connectivity index (χ3v) is 14.3. The van der Waals surface area contributed by atoms with Crippen molar-refractivity contribution in [2.45, 2.75) is 134 Å². The molecule has 0 amide bonds. The van der Waals surface area contributed by atoms with E-state index in [1.165, 1.54) is 7.11 Å². The van der Waals surface area contributed by atoms with E-state index < -0.39 is 24.0 Å². The molecule has 0 unspecified atom stereocenters. The first-order valence-corrected chi connectivity index (χ1v) is 23.4. The largest absolute Gasteiger partial charge is 0.504 e. The van der Waals surface area contributed by atoms with E-state index in [-0.39, 0.29) is 29.8 Å². The average molecular weight is 844 g/mol. The molecule has 62 heavy (non-hydrogen) atoms. The molecule has 9 atom stereocenters. The Balaban J connectivity index is 1.11. The smallest absolute Gasteiger partial charge is 0.160 e. The number of nitrogens with one attached hydrogen (secondary N) is 2. The molecule has 2 aliphatic heterocycles. The Morgan fingerprint density at radius 2 is 1.74 bits per heavy atom. The van der Waals surface area contributed by atoms with E-state index in [4.69, 9.17) is 10.5 Å². The molecule has 0 bridgehead atoms. The maximum absolute atomic E-state index is 13.8. The van der Waals surface area contributed by atoms with Crippen LogP contribution in [0.2, 0.25) is 0 Å². The first kappa shape index (κ1) is 45.4. The Hall–Kier alpha value is -4.62. The zero-order valence-corrected chi connectivity index (χ0v) is 37.1. The van der Waals surface area contributed by atoms with Gasteiger partial charge in [0.1, 0.15) is 11.7 Å². The highest BCUT2D eigenvalue weighted by Crippen LogP contribution is 2.43. The number of aryl methyl sites for hydroxylation is 1. The van der Waals surface area contributed by atoms with Crippen LogP contribution in [0, 0.1) is 41.4 Å². The summed E-state index contributed by atoms with van der Waals surface area (Å²) < 4.78 is 5.51. The van der Waals surface area contributed by atoms with Crippen molar-refractivity contribution in [1.82, 2.24) is 10.6 Å². The first-order valence-electron chi connectivity index (χ1n) is 23.4. The predicted octanol–water partition coefficient (Wildman–Crippen LogP) is 8.35. The van der Waals surface area contributed by atoms with Crippen LogP contribution in [-0.2, 0) is 16.0 Å². The second-order valence-electron chi connectivity index (χ2n) is 19.1. The summed E-state index contributed by atoms with van der Waals surface area (Å²) in [5.41, 5.74) is 10.3. The fourth-order valence-corrected chi connectivity index (χ4v) is 10.8. The number of rotatable bonds is 17. The van der Waals surface area contributed by atoms with Gasteiger partial charge in [0, 0.05) is 43.7 Å². The molecule has 9 nitrogen and oxygen atoms in total. The Kier molecular flexibility index (Phi) is 15.5. The van der Waals surface area contributed by atoms with Crippen molar-refractivity contribution >= 4 is 22.3 Å². The van der Waals surface area contributed by atoms with Crippen molar-refractivity contribution in [3.8, 4) is 23.3 Å². The number of ether oxygens (including phenoxy) is 1. The Morgan fingerprint density at radius 3 is 2.53 bits per heavy atom. The van der Waals surface area contributed by atoms with Crippen LogP contribution in [0.5, 0.6) is 11.5 Å². The number of hydrogen-bond acceptors (Lipinski definition) is 9. The number of phenols is 1. The Morgan fingerprint density at radius 1 is 0.919 bits per heavy atom. The van der Waals surface area contributed by atoms with Crippen molar-refractivity contribution in [1.29, 1.82) is 0 Å². The number of ketones is 2. The SMILES string of the molecule is COc1cc2c(cc1O)[C@H](CC[C@H](O)[C@H](CCC(C)C)[C@H](C1=CCNC(N)=C1)c1ccc3ccccc3c1)C#C[C@H]([C@H](O)CCCC[C@@H]1CN[C@@H]3CC(=O)CC[C@@H]3C1)C(=O)CC2. The van der Waals surface area contributed by atoms with Gasteiger partial charge in [-0.15, -0.1) is 0 Å². The summed E-state index contributed by atoms with van der Waals surface area (Å²) in [5, 5.41) is 44.3. The second kappa shape index (κ2) is 21.2. The normalized spacial score (nSPS) is 24.7. The third-order valence-electron chi connectivity index (χ3n) is 14.3. The number of nitrogens with two attached hydrogens (primary N) is 1. The molecule has 1 saturated heterocycles. The summed E-state index contributed by atoms with van der Waals surface area (Å²) in [6.07, 6.45) is 12.8. The van der Waals surface area contributed by atoms with E-state index in [1.807, 2.05) is 18.2 Å². The average Bonchev–Trinajstić information content (AvgIpc) is 3.32. The summed E-state index contributed by atoms with van der Waals surface area (Å²) in [6.45, 7) is 5.99. The Bertz CT molecular complexity index is 2170. The predicted molar refractivity (Wildman–Crippen MR) is 247 cm³/mol. The van der Waals surface area contributed by atoms with Crippen LogP contribution in [0.3, 0.4) is 0 Å². The number of aliphatic hydroxyl groups is 2. The van der Waals surface area contributed by atoms with Crippen LogP contribution in [0.1, 0.15) is 126 Å². The van der Waals surface area contributed by atoms with Gasteiger partial charge in [-0.1, -0.05) is 93.5 Å². The number of methoxy groups -OCH3 is 1. The van der Waals surface area contributed by atoms with E-state index in [0.717, 1.165) is 84.5 Å². The van der Waals surface area contributed by atoms with Crippen LogP contribution in [0.15, 0.2) is 78.1 Å². The lowest BCUT2D eigenvalue weighted by molar-refractivity contribution is -0.124. The number of carbonyl (C=O) groups excluding carboxylic acids is 2. The molecule has 9 heteroatoms. The number of aliphatic hydroxyl groups excluding tert-OH is 2. The lowest BCUT2D eigenvalue weighted by Gasteiger charge is -2.39. The van der Waals surface area contributed by atoms with Crippen molar-refractivity contribution in [2.75, 3.05) is 20.2 Å². The number of piperidine rings is 1. The lowest BCUT2D eigenvalue weighted by Crippen LogP contribution is -2.48. The van der Waals surface area contributed by atoms with E-state index >= 15 is 0 Å². The molecule has 2 aliphatic carbocycles. The summed E-state index contributed by atoms with van der Waals surface area (Å²) in [5.74, 6) is 8.10. The maximum Gasteiger partial charge on any atom is 0.160 e. The molecule has 7 rings (SSSR count). The second-order valence-corrected chi connectivity index (χ2v) is 19.1. The first-order chi connectivity index (χ1) is 30.0. The molecular formula is C53H69N3O6. The van der Waals surface area contributed by atoms with Crippen molar-refractivity contribution in [2.24, 2.45) is 35.3 Å². The number of phenolic OH excluding ortho intramolecular Hbond substituents is 1. The molecule has 3 aromatic rings.